The summed E-state index contributed by atoms with van der Waals surface area (Å²) in [6.45, 7) is 4.68. The Kier molecular flexibility index (Phi) is 21.6. The molecule has 1 rings (SSSR count). The van der Waals surface area contributed by atoms with Gasteiger partial charge in [-0.05, 0) is 25.8 Å². The Morgan fingerprint density at radius 2 is 1.32 bits per heavy atom. The highest BCUT2D eigenvalue weighted by Crippen LogP contribution is 2.22. The maximum absolute atomic E-state index is 10.8. The topological polar surface area (TPSA) is 132 Å². The van der Waals surface area contributed by atoms with Gasteiger partial charge in [-0.2, -0.15) is 0 Å². The number of unbranched alkanes of at least 4 members (excludes halogenated alkanes) is 14. The van der Waals surface area contributed by atoms with Crippen LogP contribution in [0.2, 0.25) is 0 Å². The Morgan fingerprint density at radius 3 is 1.89 bits per heavy atom. The van der Waals surface area contributed by atoms with Crippen LogP contribution in [0.4, 0.5) is 0 Å². The maximum Gasteiger partial charge on any atom is 0.186 e. The SMILES string of the molecule is CCCCCCCCCCCCC/C=C/C(O)C(COC1O[C@H](CO)[C@@H](O)[C@H](O)[C@H]1O)NCCCCCC. The van der Waals surface area contributed by atoms with Gasteiger partial charge < -0.3 is 40.3 Å². The van der Waals surface area contributed by atoms with Gasteiger partial charge in [0, 0.05) is 0 Å². The highest BCUT2D eigenvalue weighted by Gasteiger charge is 2.44. The minimum Gasteiger partial charge on any atom is -0.394 e. The highest BCUT2D eigenvalue weighted by molar-refractivity contribution is 4.96. The minimum absolute atomic E-state index is 0.0421. The third-order valence-electron chi connectivity index (χ3n) is 7.45. The van der Waals surface area contributed by atoms with Crippen LogP contribution in [0.15, 0.2) is 12.2 Å². The van der Waals surface area contributed by atoms with E-state index in [9.17, 15) is 25.5 Å². The molecule has 3 unspecified atom stereocenters. The van der Waals surface area contributed by atoms with Crippen LogP contribution in [0.1, 0.15) is 117 Å². The number of hydrogen-bond donors (Lipinski definition) is 6. The smallest absolute Gasteiger partial charge is 0.186 e. The van der Waals surface area contributed by atoms with Gasteiger partial charge in [0.2, 0.25) is 0 Å². The number of nitrogens with one attached hydrogen (secondary N) is 1. The number of aliphatic hydroxyl groups excluding tert-OH is 5. The van der Waals surface area contributed by atoms with Gasteiger partial charge in [-0.1, -0.05) is 109 Å². The number of allylic oxidation sites excluding steroid dienone is 1. The normalized spacial score (nSPS) is 25.7. The summed E-state index contributed by atoms with van der Waals surface area (Å²) in [5.74, 6) is 0. The zero-order valence-corrected chi connectivity index (χ0v) is 24.2. The predicted molar refractivity (Wildman–Crippen MR) is 152 cm³/mol. The van der Waals surface area contributed by atoms with E-state index < -0.39 is 49.5 Å². The van der Waals surface area contributed by atoms with Gasteiger partial charge in [-0.15, -0.1) is 0 Å². The molecule has 226 valence electrons. The third kappa shape index (κ3) is 15.3. The molecule has 1 aliphatic rings. The number of hydrogen-bond acceptors (Lipinski definition) is 8. The first-order valence-corrected chi connectivity index (χ1v) is 15.5. The molecular formula is C30H59NO7. The van der Waals surface area contributed by atoms with Crippen LogP contribution >= 0.6 is 0 Å². The van der Waals surface area contributed by atoms with Crippen molar-refractivity contribution in [2.24, 2.45) is 0 Å². The average Bonchev–Trinajstić information content (AvgIpc) is 2.92. The molecule has 6 N–H and O–H groups in total. The predicted octanol–water partition coefficient (Wildman–Crippen LogP) is 3.96. The van der Waals surface area contributed by atoms with Gasteiger partial charge in [-0.3, -0.25) is 0 Å². The van der Waals surface area contributed by atoms with E-state index in [0.29, 0.717) is 0 Å². The fraction of sp³-hybridized carbons (Fsp3) is 0.933. The maximum atomic E-state index is 10.8. The molecular weight excluding hydrogens is 486 g/mol. The zero-order chi connectivity index (χ0) is 28.0. The summed E-state index contributed by atoms with van der Waals surface area (Å²) in [5, 5.41) is 53.8. The van der Waals surface area contributed by atoms with Gasteiger partial charge in [0.05, 0.1) is 25.4 Å². The summed E-state index contributed by atoms with van der Waals surface area (Å²) >= 11 is 0. The van der Waals surface area contributed by atoms with E-state index in [1.807, 2.05) is 6.08 Å². The van der Waals surface area contributed by atoms with E-state index in [0.717, 1.165) is 45.1 Å². The molecule has 1 aliphatic heterocycles. The van der Waals surface area contributed by atoms with Crippen molar-refractivity contribution in [2.75, 3.05) is 19.8 Å². The van der Waals surface area contributed by atoms with Gasteiger partial charge in [-0.25, -0.2) is 0 Å². The molecule has 8 nitrogen and oxygen atoms in total. The Morgan fingerprint density at radius 1 is 0.763 bits per heavy atom. The summed E-state index contributed by atoms with van der Waals surface area (Å²) in [7, 11) is 0. The summed E-state index contributed by atoms with van der Waals surface area (Å²) in [4.78, 5) is 0. The fourth-order valence-corrected chi connectivity index (χ4v) is 4.82. The van der Waals surface area contributed by atoms with Crippen molar-refractivity contribution < 1.29 is 35.0 Å². The lowest BCUT2D eigenvalue weighted by Gasteiger charge is -2.40. The molecule has 0 radical (unpaired) electrons. The Balaban J connectivity index is 2.39. The molecule has 38 heavy (non-hydrogen) atoms. The number of ether oxygens (including phenoxy) is 2. The lowest BCUT2D eigenvalue weighted by atomic mass is 9.99. The second-order valence-electron chi connectivity index (χ2n) is 10.9. The number of aliphatic hydroxyl groups is 5. The molecule has 8 heteroatoms. The van der Waals surface area contributed by atoms with Crippen LogP contribution in [0.25, 0.3) is 0 Å². The molecule has 0 bridgehead atoms. The first kappa shape index (κ1) is 35.4. The third-order valence-corrected chi connectivity index (χ3v) is 7.45. The Labute approximate surface area is 231 Å². The summed E-state index contributed by atoms with van der Waals surface area (Å²) in [5.41, 5.74) is 0. The fourth-order valence-electron chi connectivity index (χ4n) is 4.82. The van der Waals surface area contributed by atoms with Crippen molar-refractivity contribution in [1.82, 2.24) is 5.32 Å². The molecule has 0 aromatic carbocycles. The quantitative estimate of drug-likeness (QED) is 0.0794. The van der Waals surface area contributed by atoms with E-state index >= 15 is 0 Å². The lowest BCUT2D eigenvalue weighted by Crippen LogP contribution is -2.59. The monoisotopic (exact) mass is 545 g/mol. The van der Waals surface area contributed by atoms with E-state index in [1.54, 1.807) is 6.08 Å². The van der Waals surface area contributed by atoms with Crippen molar-refractivity contribution in [3.8, 4) is 0 Å². The summed E-state index contributed by atoms with van der Waals surface area (Å²) in [6, 6.07) is -0.419. The molecule has 0 spiro atoms. The lowest BCUT2D eigenvalue weighted by molar-refractivity contribution is -0.302. The highest BCUT2D eigenvalue weighted by atomic mass is 16.7. The molecule has 7 atom stereocenters. The summed E-state index contributed by atoms with van der Waals surface area (Å²) in [6.07, 6.45) is 16.1. The van der Waals surface area contributed by atoms with Crippen LogP contribution in [0.3, 0.4) is 0 Å². The van der Waals surface area contributed by atoms with Crippen molar-refractivity contribution >= 4 is 0 Å². The largest absolute Gasteiger partial charge is 0.394 e. The van der Waals surface area contributed by atoms with Crippen LogP contribution in [0, 0.1) is 0 Å². The van der Waals surface area contributed by atoms with Gasteiger partial charge >= 0.3 is 0 Å². The van der Waals surface area contributed by atoms with Gasteiger partial charge in [0.25, 0.3) is 0 Å². The van der Waals surface area contributed by atoms with E-state index in [-0.39, 0.29) is 6.61 Å². The second kappa shape index (κ2) is 23.2. The molecule has 1 fully saturated rings. The van der Waals surface area contributed by atoms with Crippen LogP contribution in [0.5, 0.6) is 0 Å². The van der Waals surface area contributed by atoms with Gasteiger partial charge in [0.15, 0.2) is 6.29 Å². The van der Waals surface area contributed by atoms with Crippen molar-refractivity contribution in [1.29, 1.82) is 0 Å². The van der Waals surface area contributed by atoms with Crippen LogP contribution in [-0.4, -0.2) is 88.1 Å². The molecule has 0 aromatic heterocycles. The van der Waals surface area contributed by atoms with E-state index in [2.05, 4.69) is 19.2 Å². The van der Waals surface area contributed by atoms with Crippen molar-refractivity contribution in [2.45, 2.75) is 159 Å². The van der Waals surface area contributed by atoms with E-state index in [4.69, 9.17) is 9.47 Å². The van der Waals surface area contributed by atoms with Gasteiger partial charge in [0.1, 0.15) is 24.4 Å². The van der Waals surface area contributed by atoms with Crippen LogP contribution < -0.4 is 5.32 Å². The summed E-state index contributed by atoms with van der Waals surface area (Å²) < 4.78 is 11.2. The molecule has 0 amide bonds. The van der Waals surface area contributed by atoms with Crippen molar-refractivity contribution in [3.63, 3.8) is 0 Å². The molecule has 0 aromatic rings. The second-order valence-corrected chi connectivity index (χ2v) is 10.9. The molecule has 0 aliphatic carbocycles. The van der Waals surface area contributed by atoms with E-state index in [1.165, 1.54) is 64.2 Å². The van der Waals surface area contributed by atoms with Crippen LogP contribution in [-0.2, 0) is 9.47 Å². The Hall–Kier alpha value is -0.580. The molecule has 1 saturated heterocycles. The Bertz CT molecular complexity index is 563. The van der Waals surface area contributed by atoms with Crippen molar-refractivity contribution in [3.05, 3.63) is 12.2 Å². The first-order valence-electron chi connectivity index (χ1n) is 15.5. The first-order chi connectivity index (χ1) is 18.5. The average molecular weight is 546 g/mol. The zero-order valence-electron chi connectivity index (χ0n) is 24.2. The molecule has 0 saturated carbocycles. The standard InChI is InChI=1S/C30H59NO7/c1-3-5-7-9-10-11-12-13-14-15-16-17-18-20-25(33)24(31-21-19-8-6-4-2)23-37-30-29(36)28(35)27(34)26(22-32)38-30/h18,20,24-36H,3-17,19,21-23H2,1-2H3/b20-18+/t24?,25?,26-,27-,28+,29-,30?/m1/s1. The number of rotatable bonds is 24. The molecule has 1 heterocycles. The minimum atomic E-state index is -1.48.